The van der Waals surface area contributed by atoms with E-state index in [-0.39, 0.29) is 18.6 Å². The summed E-state index contributed by atoms with van der Waals surface area (Å²) in [5.41, 5.74) is 0. The van der Waals surface area contributed by atoms with Gasteiger partial charge in [-0.25, -0.2) is 0 Å². The van der Waals surface area contributed by atoms with Crippen molar-refractivity contribution in [3.63, 3.8) is 0 Å². The van der Waals surface area contributed by atoms with Crippen LogP contribution in [0.5, 0.6) is 0 Å². The predicted octanol–water partition coefficient (Wildman–Crippen LogP) is -0.937. The fourth-order valence-electron chi connectivity index (χ4n) is 1.13. The Balaban J connectivity index is 2.44. The number of ether oxygens (including phenoxy) is 1. The second-order valence-electron chi connectivity index (χ2n) is 2.73. The van der Waals surface area contributed by atoms with Gasteiger partial charge in [0.15, 0.2) is 0 Å². The van der Waals surface area contributed by atoms with Crippen LogP contribution in [0.25, 0.3) is 0 Å². The Morgan fingerprint density at radius 1 is 1.82 bits per heavy atom. The van der Waals surface area contributed by atoms with Crippen molar-refractivity contribution in [2.24, 2.45) is 0 Å². The number of nitrogens with one attached hydrogen (secondary N) is 1. The summed E-state index contributed by atoms with van der Waals surface area (Å²) in [6.45, 7) is 1.67. The van der Waals surface area contributed by atoms with Crippen LogP contribution in [0.2, 0.25) is 0 Å². The van der Waals surface area contributed by atoms with Crippen molar-refractivity contribution in [1.29, 1.82) is 0 Å². The molecule has 0 aromatic rings. The molecule has 0 radical (unpaired) electrons. The number of nitrogens with zero attached hydrogens (tertiary/aromatic N) is 1. The first kappa shape index (κ1) is 8.49. The first-order valence-corrected chi connectivity index (χ1v) is 3.73. The van der Waals surface area contributed by atoms with Gasteiger partial charge in [-0.1, -0.05) is 0 Å². The molecule has 1 fully saturated rings. The van der Waals surface area contributed by atoms with Gasteiger partial charge in [-0.05, 0) is 7.05 Å². The summed E-state index contributed by atoms with van der Waals surface area (Å²) in [5, 5.41) is 3.01. The van der Waals surface area contributed by atoms with Gasteiger partial charge in [-0.2, -0.15) is 0 Å². The first-order chi connectivity index (χ1) is 5.25. The minimum absolute atomic E-state index is 0.0662. The lowest BCUT2D eigenvalue weighted by Crippen LogP contribution is -2.50. The number of carbonyl (C=O) groups excluding carboxylic acids is 1. The van der Waals surface area contributed by atoms with Gasteiger partial charge in [0.2, 0.25) is 5.91 Å². The maximum absolute atomic E-state index is 11.1. The normalized spacial score (nSPS) is 25.8. The molecule has 1 rings (SSSR count). The van der Waals surface area contributed by atoms with Crippen LogP contribution in [-0.2, 0) is 9.53 Å². The molecular formula is C7H14N2O2. The van der Waals surface area contributed by atoms with Crippen molar-refractivity contribution < 1.29 is 9.53 Å². The van der Waals surface area contributed by atoms with Gasteiger partial charge in [-0.15, -0.1) is 0 Å². The van der Waals surface area contributed by atoms with Gasteiger partial charge in [0, 0.05) is 13.6 Å². The second-order valence-corrected chi connectivity index (χ2v) is 2.73. The van der Waals surface area contributed by atoms with Crippen LogP contribution in [0.1, 0.15) is 0 Å². The number of carbonyl (C=O) groups is 1. The molecule has 1 N–H and O–H groups in total. The Bertz CT molecular complexity index is 147. The zero-order valence-electron chi connectivity index (χ0n) is 6.96. The highest BCUT2D eigenvalue weighted by Crippen LogP contribution is 2.03. The van der Waals surface area contributed by atoms with E-state index in [0.29, 0.717) is 6.61 Å². The van der Waals surface area contributed by atoms with Gasteiger partial charge >= 0.3 is 0 Å². The number of hydrogen-bond donors (Lipinski definition) is 1. The summed E-state index contributed by atoms with van der Waals surface area (Å²) >= 11 is 0. The summed E-state index contributed by atoms with van der Waals surface area (Å²) < 4.78 is 5.09. The summed E-state index contributed by atoms with van der Waals surface area (Å²) in [4.78, 5) is 12.8. The van der Waals surface area contributed by atoms with Crippen LogP contribution in [0.4, 0.5) is 0 Å². The van der Waals surface area contributed by atoms with Crippen molar-refractivity contribution in [1.82, 2.24) is 10.2 Å². The fraction of sp³-hybridized carbons (Fsp3) is 0.857. The molecule has 0 aliphatic carbocycles. The molecule has 0 aromatic carbocycles. The third-order valence-corrected chi connectivity index (χ3v) is 1.92. The molecule has 4 heteroatoms. The Labute approximate surface area is 66.5 Å². The second kappa shape index (κ2) is 3.69. The van der Waals surface area contributed by atoms with Crippen molar-refractivity contribution in [2.45, 2.75) is 6.04 Å². The molecule has 4 nitrogen and oxygen atoms in total. The predicted molar refractivity (Wildman–Crippen MR) is 41.3 cm³/mol. The topological polar surface area (TPSA) is 41.6 Å². The average molecular weight is 158 g/mol. The van der Waals surface area contributed by atoms with Crippen LogP contribution in [0, 0.1) is 0 Å². The summed E-state index contributed by atoms with van der Waals surface area (Å²) in [6.07, 6.45) is 0. The van der Waals surface area contributed by atoms with Crippen molar-refractivity contribution >= 4 is 5.91 Å². The van der Waals surface area contributed by atoms with Crippen molar-refractivity contribution in [3.05, 3.63) is 0 Å². The third-order valence-electron chi connectivity index (χ3n) is 1.92. The molecule has 1 amide bonds. The molecule has 64 valence electrons. The number of likely N-dealkylation sites (N-methyl/N-ethyl adjacent to an activating group) is 2. The molecule has 1 aliphatic rings. The van der Waals surface area contributed by atoms with Crippen LogP contribution in [0.3, 0.4) is 0 Å². The van der Waals surface area contributed by atoms with E-state index in [0.717, 1.165) is 6.54 Å². The zero-order valence-corrected chi connectivity index (χ0v) is 6.96. The van der Waals surface area contributed by atoms with E-state index < -0.39 is 0 Å². The fourth-order valence-corrected chi connectivity index (χ4v) is 1.13. The Kier molecular flexibility index (Phi) is 2.84. The van der Waals surface area contributed by atoms with E-state index >= 15 is 0 Å². The minimum Gasteiger partial charge on any atom is -0.369 e. The first-order valence-electron chi connectivity index (χ1n) is 3.73. The maximum Gasteiger partial charge on any atom is 0.248 e. The molecule has 1 saturated heterocycles. The van der Waals surface area contributed by atoms with Gasteiger partial charge in [0.05, 0.1) is 12.6 Å². The van der Waals surface area contributed by atoms with Crippen LogP contribution in [0.15, 0.2) is 0 Å². The lowest BCUT2D eigenvalue weighted by atomic mass is 10.2. The molecule has 0 spiro atoms. The lowest BCUT2D eigenvalue weighted by Gasteiger charge is -2.32. The van der Waals surface area contributed by atoms with Crippen molar-refractivity contribution in [2.75, 3.05) is 33.9 Å². The molecule has 0 bridgehead atoms. The quantitative estimate of drug-likeness (QED) is 0.564. The summed E-state index contributed by atoms with van der Waals surface area (Å²) in [6, 6.07) is 0.196. The van der Waals surface area contributed by atoms with E-state index in [4.69, 9.17) is 4.74 Å². The minimum atomic E-state index is 0.0662. The molecule has 1 heterocycles. The SMILES string of the molecule is CNCC1COCC(=O)N1C. The van der Waals surface area contributed by atoms with Gasteiger partial charge < -0.3 is 15.0 Å². The maximum atomic E-state index is 11.1. The van der Waals surface area contributed by atoms with E-state index in [1.54, 1.807) is 4.90 Å². The Morgan fingerprint density at radius 3 is 3.18 bits per heavy atom. The van der Waals surface area contributed by atoms with Gasteiger partial charge in [0.1, 0.15) is 6.61 Å². The Morgan fingerprint density at radius 2 is 2.55 bits per heavy atom. The highest BCUT2D eigenvalue weighted by atomic mass is 16.5. The van der Waals surface area contributed by atoms with E-state index in [1.165, 1.54) is 0 Å². The largest absolute Gasteiger partial charge is 0.369 e. The van der Waals surface area contributed by atoms with E-state index in [1.807, 2.05) is 14.1 Å². The highest BCUT2D eigenvalue weighted by molar-refractivity contribution is 5.78. The number of amides is 1. The number of rotatable bonds is 2. The monoisotopic (exact) mass is 158 g/mol. The van der Waals surface area contributed by atoms with Crippen LogP contribution < -0.4 is 5.32 Å². The van der Waals surface area contributed by atoms with Gasteiger partial charge in [0.25, 0.3) is 0 Å². The average Bonchev–Trinajstić information content (AvgIpc) is 1.99. The van der Waals surface area contributed by atoms with Crippen molar-refractivity contribution in [3.8, 4) is 0 Å². The number of hydrogen-bond acceptors (Lipinski definition) is 3. The van der Waals surface area contributed by atoms with Gasteiger partial charge in [-0.3, -0.25) is 4.79 Å². The Hall–Kier alpha value is -0.610. The number of morpholine rings is 1. The molecule has 1 atom stereocenters. The highest BCUT2D eigenvalue weighted by Gasteiger charge is 2.24. The summed E-state index contributed by atoms with van der Waals surface area (Å²) in [7, 11) is 3.68. The lowest BCUT2D eigenvalue weighted by molar-refractivity contribution is -0.145. The molecule has 11 heavy (non-hydrogen) atoms. The third kappa shape index (κ3) is 1.91. The van der Waals surface area contributed by atoms with E-state index in [9.17, 15) is 4.79 Å². The van der Waals surface area contributed by atoms with E-state index in [2.05, 4.69) is 5.32 Å². The summed E-state index contributed by atoms with van der Waals surface area (Å²) in [5.74, 6) is 0.0662. The zero-order chi connectivity index (χ0) is 8.27. The standard InChI is InChI=1S/C7H14N2O2/c1-8-3-6-4-11-5-7(10)9(6)2/h6,8H,3-5H2,1-2H3. The van der Waals surface area contributed by atoms with Crippen LogP contribution in [-0.4, -0.2) is 50.7 Å². The molecule has 1 aliphatic heterocycles. The molecule has 0 aromatic heterocycles. The molecular weight excluding hydrogens is 144 g/mol. The molecule has 1 unspecified atom stereocenters. The smallest absolute Gasteiger partial charge is 0.248 e. The van der Waals surface area contributed by atoms with Crippen LogP contribution >= 0.6 is 0 Å². The molecule has 0 saturated carbocycles.